The molecule has 0 spiro atoms. The predicted octanol–water partition coefficient (Wildman–Crippen LogP) is 5.66. The number of nitrogens with one attached hydrogen (secondary N) is 1. The van der Waals surface area contributed by atoms with Gasteiger partial charge in [0.1, 0.15) is 0 Å². The van der Waals surface area contributed by atoms with Crippen molar-refractivity contribution in [1.29, 1.82) is 0 Å². The fourth-order valence-corrected chi connectivity index (χ4v) is 4.36. The highest BCUT2D eigenvalue weighted by atomic mass is 35.5. The molecule has 0 aliphatic rings. The molecular formula is C22H17ClN2O2S. The molecule has 1 N–H and O–H groups in total. The van der Waals surface area contributed by atoms with Gasteiger partial charge in [-0.3, -0.25) is 9.71 Å². The van der Waals surface area contributed by atoms with Crippen LogP contribution in [0.3, 0.4) is 0 Å². The Hall–Kier alpha value is -2.89. The number of aryl methyl sites for hydroxylation is 1. The molecule has 1 aromatic heterocycles. The molecule has 0 atom stereocenters. The number of fused-ring (bicyclic) bond motifs is 1. The van der Waals surface area contributed by atoms with E-state index in [-0.39, 0.29) is 4.90 Å². The Morgan fingerprint density at radius 2 is 1.64 bits per heavy atom. The van der Waals surface area contributed by atoms with Crippen LogP contribution in [-0.4, -0.2) is 13.4 Å². The number of halogens is 1. The van der Waals surface area contributed by atoms with Crippen molar-refractivity contribution in [1.82, 2.24) is 4.98 Å². The van der Waals surface area contributed by atoms with Crippen LogP contribution in [0.5, 0.6) is 0 Å². The van der Waals surface area contributed by atoms with E-state index >= 15 is 0 Å². The number of hydrogen-bond acceptors (Lipinski definition) is 3. The number of benzene rings is 3. The first-order valence-corrected chi connectivity index (χ1v) is 10.5. The van der Waals surface area contributed by atoms with E-state index in [2.05, 4.69) is 15.8 Å². The number of hydrogen-bond donors (Lipinski definition) is 1. The van der Waals surface area contributed by atoms with Gasteiger partial charge in [-0.15, -0.1) is 0 Å². The molecule has 0 saturated heterocycles. The minimum atomic E-state index is -3.68. The second-order valence-electron chi connectivity index (χ2n) is 6.50. The molecule has 0 fully saturated rings. The molecule has 0 amide bonds. The molecule has 28 heavy (non-hydrogen) atoms. The van der Waals surface area contributed by atoms with Crippen LogP contribution in [-0.2, 0) is 10.0 Å². The molecule has 0 radical (unpaired) electrons. The summed E-state index contributed by atoms with van der Waals surface area (Å²) in [5, 5.41) is 2.66. The third kappa shape index (κ3) is 3.59. The van der Waals surface area contributed by atoms with Crippen LogP contribution in [0.2, 0.25) is 5.02 Å². The van der Waals surface area contributed by atoms with Crippen molar-refractivity contribution >= 4 is 38.1 Å². The highest BCUT2D eigenvalue weighted by Crippen LogP contribution is 2.31. The number of nitrogens with zero attached hydrogens (tertiary/aromatic N) is 1. The van der Waals surface area contributed by atoms with E-state index in [0.29, 0.717) is 10.7 Å². The number of aromatic nitrogens is 1. The van der Waals surface area contributed by atoms with Gasteiger partial charge in [0.15, 0.2) is 0 Å². The van der Waals surface area contributed by atoms with Crippen LogP contribution < -0.4 is 4.72 Å². The summed E-state index contributed by atoms with van der Waals surface area (Å²) in [6, 6.07) is 19.6. The van der Waals surface area contributed by atoms with E-state index in [0.717, 1.165) is 27.5 Å². The Labute approximate surface area is 168 Å². The Morgan fingerprint density at radius 3 is 2.39 bits per heavy atom. The lowest BCUT2D eigenvalue weighted by atomic mass is 9.97. The maximum absolute atomic E-state index is 12.6. The van der Waals surface area contributed by atoms with Gasteiger partial charge in [0.2, 0.25) is 0 Å². The van der Waals surface area contributed by atoms with E-state index in [4.69, 9.17) is 11.6 Å². The van der Waals surface area contributed by atoms with Crippen molar-refractivity contribution in [2.24, 2.45) is 0 Å². The molecular weight excluding hydrogens is 392 g/mol. The Morgan fingerprint density at radius 1 is 0.893 bits per heavy atom. The molecule has 4 aromatic rings. The lowest BCUT2D eigenvalue weighted by Crippen LogP contribution is -2.12. The molecule has 140 valence electrons. The van der Waals surface area contributed by atoms with Gasteiger partial charge >= 0.3 is 0 Å². The van der Waals surface area contributed by atoms with Crippen molar-refractivity contribution in [2.75, 3.05) is 4.72 Å². The summed E-state index contributed by atoms with van der Waals surface area (Å²) in [6.07, 6.45) is 3.67. The molecule has 0 saturated carbocycles. The summed E-state index contributed by atoms with van der Waals surface area (Å²) < 4.78 is 27.8. The fourth-order valence-electron chi connectivity index (χ4n) is 3.19. The van der Waals surface area contributed by atoms with Crippen LogP contribution in [0.15, 0.2) is 84.0 Å². The van der Waals surface area contributed by atoms with E-state index in [1.807, 2.05) is 49.6 Å². The van der Waals surface area contributed by atoms with Gasteiger partial charge in [0.25, 0.3) is 10.0 Å². The zero-order chi connectivity index (χ0) is 19.7. The smallest absolute Gasteiger partial charge is 0.261 e. The van der Waals surface area contributed by atoms with Gasteiger partial charge < -0.3 is 0 Å². The van der Waals surface area contributed by atoms with Gasteiger partial charge in [0, 0.05) is 34.1 Å². The van der Waals surface area contributed by atoms with Gasteiger partial charge in [-0.05, 0) is 59.8 Å². The van der Waals surface area contributed by atoms with Gasteiger partial charge in [-0.1, -0.05) is 41.9 Å². The SMILES string of the molecule is Cc1cc(NS(=O)(=O)c2ccc(Cl)cc2)ccc1-c1cncc2ccccc12. The van der Waals surface area contributed by atoms with Crippen molar-refractivity contribution in [3.63, 3.8) is 0 Å². The molecule has 0 aliphatic heterocycles. The van der Waals surface area contributed by atoms with Crippen LogP contribution in [0, 0.1) is 6.92 Å². The topological polar surface area (TPSA) is 59.1 Å². The Balaban J connectivity index is 1.69. The first kappa shape index (κ1) is 18.5. The second-order valence-corrected chi connectivity index (χ2v) is 8.62. The van der Waals surface area contributed by atoms with E-state index in [1.54, 1.807) is 18.2 Å². The van der Waals surface area contributed by atoms with Crippen molar-refractivity contribution in [3.8, 4) is 11.1 Å². The van der Waals surface area contributed by atoms with Gasteiger partial charge in [0.05, 0.1) is 4.90 Å². The minimum absolute atomic E-state index is 0.164. The third-order valence-corrected chi connectivity index (χ3v) is 6.21. The summed E-state index contributed by atoms with van der Waals surface area (Å²) in [4.78, 5) is 4.50. The number of pyridine rings is 1. The first-order valence-electron chi connectivity index (χ1n) is 8.66. The van der Waals surface area contributed by atoms with Crippen LogP contribution >= 0.6 is 11.6 Å². The van der Waals surface area contributed by atoms with E-state index < -0.39 is 10.0 Å². The molecule has 0 bridgehead atoms. The molecule has 4 rings (SSSR count). The molecule has 0 aliphatic carbocycles. The predicted molar refractivity (Wildman–Crippen MR) is 114 cm³/mol. The van der Waals surface area contributed by atoms with E-state index in [9.17, 15) is 8.42 Å². The number of anilines is 1. The number of sulfonamides is 1. The standard InChI is InChI=1S/C22H17ClN2O2S/c1-15-12-18(25-28(26,27)19-9-6-17(23)7-10-19)8-11-20(15)22-14-24-13-16-4-2-3-5-21(16)22/h2-14,25H,1H3. The lowest BCUT2D eigenvalue weighted by Gasteiger charge is -2.13. The van der Waals surface area contributed by atoms with Gasteiger partial charge in [-0.2, -0.15) is 0 Å². The van der Waals surface area contributed by atoms with Crippen LogP contribution in [0.1, 0.15) is 5.56 Å². The van der Waals surface area contributed by atoms with Crippen molar-refractivity contribution in [2.45, 2.75) is 11.8 Å². The Kier molecular flexibility index (Phi) is 4.79. The third-order valence-electron chi connectivity index (χ3n) is 4.56. The average molecular weight is 409 g/mol. The maximum atomic E-state index is 12.6. The summed E-state index contributed by atoms with van der Waals surface area (Å²) in [5.41, 5.74) is 3.49. The average Bonchev–Trinajstić information content (AvgIpc) is 2.68. The zero-order valence-electron chi connectivity index (χ0n) is 15.1. The normalized spacial score (nSPS) is 11.5. The maximum Gasteiger partial charge on any atom is 0.261 e. The summed E-state index contributed by atoms with van der Waals surface area (Å²) >= 11 is 5.84. The highest BCUT2D eigenvalue weighted by molar-refractivity contribution is 7.92. The minimum Gasteiger partial charge on any atom is -0.280 e. The summed E-state index contributed by atoms with van der Waals surface area (Å²) in [6.45, 7) is 1.96. The zero-order valence-corrected chi connectivity index (χ0v) is 16.6. The molecule has 6 heteroatoms. The monoisotopic (exact) mass is 408 g/mol. The summed E-state index contributed by atoms with van der Waals surface area (Å²) in [7, 11) is -3.68. The van der Waals surface area contributed by atoms with Crippen LogP contribution in [0.25, 0.3) is 21.9 Å². The van der Waals surface area contributed by atoms with Crippen molar-refractivity contribution < 1.29 is 8.42 Å². The fraction of sp³-hybridized carbons (Fsp3) is 0.0455. The molecule has 4 nitrogen and oxygen atoms in total. The summed E-state index contributed by atoms with van der Waals surface area (Å²) in [5.74, 6) is 0. The first-order chi connectivity index (χ1) is 13.4. The largest absolute Gasteiger partial charge is 0.280 e. The quantitative estimate of drug-likeness (QED) is 0.473. The van der Waals surface area contributed by atoms with Gasteiger partial charge in [-0.25, -0.2) is 8.42 Å². The highest BCUT2D eigenvalue weighted by Gasteiger charge is 2.15. The van der Waals surface area contributed by atoms with Crippen molar-refractivity contribution in [3.05, 3.63) is 89.7 Å². The second kappa shape index (κ2) is 7.26. The molecule has 3 aromatic carbocycles. The lowest BCUT2D eigenvalue weighted by molar-refractivity contribution is 0.601. The van der Waals surface area contributed by atoms with E-state index in [1.165, 1.54) is 12.1 Å². The Bertz CT molecular complexity index is 1260. The number of rotatable bonds is 4. The van der Waals surface area contributed by atoms with Crippen LogP contribution in [0.4, 0.5) is 5.69 Å². The molecule has 0 unspecified atom stereocenters. The molecule has 1 heterocycles.